The molecule has 0 radical (unpaired) electrons. The third-order valence-electron chi connectivity index (χ3n) is 4.85. The van der Waals surface area contributed by atoms with Gasteiger partial charge < -0.3 is 15.0 Å². The maximum Gasteiger partial charge on any atom is 0.322 e. The second-order valence-electron chi connectivity index (χ2n) is 6.53. The summed E-state index contributed by atoms with van der Waals surface area (Å²) >= 11 is 5.02. The van der Waals surface area contributed by atoms with E-state index in [0.717, 1.165) is 27.2 Å². The SMILES string of the molecule is CC1=C(C(=O)N2CCOCC2)C(c2ccc(Br)s2)NC(=O)N1C1CC1. The van der Waals surface area contributed by atoms with Gasteiger partial charge in [-0.2, -0.15) is 0 Å². The lowest BCUT2D eigenvalue weighted by molar-refractivity contribution is -0.131. The van der Waals surface area contributed by atoms with Gasteiger partial charge >= 0.3 is 6.03 Å². The molecule has 25 heavy (non-hydrogen) atoms. The van der Waals surface area contributed by atoms with Crippen LogP contribution in [0, 0.1) is 0 Å². The minimum absolute atomic E-state index is 0.000900. The summed E-state index contributed by atoms with van der Waals surface area (Å²) in [6.07, 6.45) is 2.00. The van der Waals surface area contributed by atoms with Crippen molar-refractivity contribution in [3.63, 3.8) is 0 Å². The van der Waals surface area contributed by atoms with Crippen molar-refractivity contribution in [3.8, 4) is 0 Å². The van der Waals surface area contributed by atoms with Crippen LogP contribution in [0.2, 0.25) is 0 Å². The van der Waals surface area contributed by atoms with Crippen molar-refractivity contribution in [2.45, 2.75) is 31.8 Å². The van der Waals surface area contributed by atoms with Gasteiger partial charge in [-0.15, -0.1) is 11.3 Å². The second kappa shape index (κ2) is 6.74. The van der Waals surface area contributed by atoms with Crippen LogP contribution in [-0.4, -0.2) is 54.1 Å². The van der Waals surface area contributed by atoms with E-state index in [1.54, 1.807) is 16.2 Å². The van der Waals surface area contributed by atoms with E-state index in [4.69, 9.17) is 4.74 Å². The molecule has 0 aromatic carbocycles. The van der Waals surface area contributed by atoms with Crippen LogP contribution in [0.1, 0.15) is 30.7 Å². The molecule has 2 fully saturated rings. The Hall–Kier alpha value is -1.38. The van der Waals surface area contributed by atoms with Gasteiger partial charge in [0, 0.05) is 29.7 Å². The fraction of sp³-hybridized carbons (Fsp3) is 0.529. The molecule has 0 spiro atoms. The molecule has 1 saturated heterocycles. The fourth-order valence-electron chi connectivity index (χ4n) is 3.44. The van der Waals surface area contributed by atoms with E-state index in [9.17, 15) is 9.59 Å². The van der Waals surface area contributed by atoms with Gasteiger partial charge in [0.25, 0.3) is 5.91 Å². The van der Waals surface area contributed by atoms with E-state index >= 15 is 0 Å². The highest BCUT2D eigenvalue weighted by Gasteiger charge is 2.43. The fourth-order valence-corrected chi connectivity index (χ4v) is 4.93. The number of rotatable bonds is 3. The van der Waals surface area contributed by atoms with Gasteiger partial charge in [-0.1, -0.05) is 0 Å². The molecule has 1 atom stereocenters. The number of allylic oxidation sites excluding steroid dienone is 1. The summed E-state index contributed by atoms with van der Waals surface area (Å²) in [6, 6.07) is 3.64. The second-order valence-corrected chi connectivity index (χ2v) is 9.02. The first-order valence-corrected chi connectivity index (χ1v) is 10.1. The minimum atomic E-state index is -0.394. The lowest BCUT2D eigenvalue weighted by atomic mass is 9.98. The molecular weight excluding hydrogens is 406 g/mol. The third-order valence-corrected chi connectivity index (χ3v) is 6.53. The average molecular weight is 426 g/mol. The Labute approximate surface area is 158 Å². The molecule has 8 heteroatoms. The van der Waals surface area contributed by atoms with Gasteiger partial charge in [0.2, 0.25) is 0 Å². The summed E-state index contributed by atoms with van der Waals surface area (Å²) in [4.78, 5) is 30.5. The molecule has 3 amide bonds. The van der Waals surface area contributed by atoms with E-state index in [2.05, 4.69) is 21.2 Å². The summed E-state index contributed by atoms with van der Waals surface area (Å²) in [5, 5.41) is 3.06. The van der Waals surface area contributed by atoms with Crippen LogP contribution in [0.15, 0.2) is 27.2 Å². The summed E-state index contributed by atoms with van der Waals surface area (Å²) < 4.78 is 6.35. The molecule has 1 saturated carbocycles. The smallest absolute Gasteiger partial charge is 0.322 e. The zero-order chi connectivity index (χ0) is 17.6. The molecule has 1 N–H and O–H groups in total. The van der Waals surface area contributed by atoms with Gasteiger partial charge in [-0.05, 0) is 47.8 Å². The van der Waals surface area contributed by atoms with Gasteiger partial charge in [-0.25, -0.2) is 4.79 Å². The largest absolute Gasteiger partial charge is 0.378 e. The zero-order valence-electron chi connectivity index (χ0n) is 14.0. The Balaban J connectivity index is 1.74. The number of thiophene rings is 1. The summed E-state index contributed by atoms with van der Waals surface area (Å²) in [5.74, 6) is 0.000900. The predicted molar refractivity (Wildman–Crippen MR) is 98.3 cm³/mol. The maximum absolute atomic E-state index is 13.3. The Morgan fingerprint density at radius 3 is 2.64 bits per heavy atom. The van der Waals surface area contributed by atoms with Crippen molar-refractivity contribution in [1.82, 2.24) is 15.1 Å². The van der Waals surface area contributed by atoms with E-state index in [1.165, 1.54) is 0 Å². The highest BCUT2D eigenvalue weighted by atomic mass is 79.9. The predicted octanol–water partition coefficient (Wildman–Crippen LogP) is 2.87. The topological polar surface area (TPSA) is 61.9 Å². The van der Waals surface area contributed by atoms with E-state index in [0.29, 0.717) is 31.9 Å². The monoisotopic (exact) mass is 425 g/mol. The van der Waals surface area contributed by atoms with Crippen molar-refractivity contribution in [2.75, 3.05) is 26.3 Å². The summed E-state index contributed by atoms with van der Waals surface area (Å²) in [6.45, 7) is 4.21. The molecule has 1 aromatic heterocycles. The number of carbonyl (C=O) groups excluding carboxylic acids is 2. The van der Waals surface area contributed by atoms with E-state index < -0.39 is 6.04 Å². The first kappa shape index (κ1) is 17.1. The van der Waals surface area contributed by atoms with Crippen LogP contribution >= 0.6 is 27.3 Å². The Bertz CT molecular complexity index is 737. The molecule has 1 aromatic rings. The van der Waals surface area contributed by atoms with Crippen molar-refractivity contribution in [3.05, 3.63) is 32.1 Å². The lowest BCUT2D eigenvalue weighted by Crippen LogP contribution is -2.51. The molecule has 1 aliphatic carbocycles. The van der Waals surface area contributed by atoms with Crippen LogP contribution in [0.25, 0.3) is 0 Å². The molecule has 134 valence electrons. The van der Waals surface area contributed by atoms with Gasteiger partial charge in [-0.3, -0.25) is 9.69 Å². The van der Waals surface area contributed by atoms with Crippen molar-refractivity contribution in [2.24, 2.45) is 0 Å². The number of ether oxygens (including phenoxy) is 1. The standard InChI is InChI=1S/C17H20BrN3O3S/c1-10-14(16(22)20-6-8-24-9-7-20)15(12-4-5-13(18)25-12)19-17(23)21(10)11-2-3-11/h4-5,11,15H,2-3,6-9H2,1H3,(H,19,23). The quantitative estimate of drug-likeness (QED) is 0.809. The molecule has 3 aliphatic rings. The highest BCUT2D eigenvalue weighted by molar-refractivity contribution is 9.11. The number of morpholine rings is 1. The Morgan fingerprint density at radius 2 is 2.04 bits per heavy atom. The van der Waals surface area contributed by atoms with Crippen molar-refractivity contribution < 1.29 is 14.3 Å². The third kappa shape index (κ3) is 3.22. The summed E-state index contributed by atoms with van der Waals surface area (Å²) in [5.41, 5.74) is 1.47. The number of nitrogens with one attached hydrogen (secondary N) is 1. The van der Waals surface area contributed by atoms with Crippen molar-refractivity contribution >= 4 is 39.2 Å². The minimum Gasteiger partial charge on any atom is -0.378 e. The number of hydrogen-bond acceptors (Lipinski definition) is 4. The number of urea groups is 1. The lowest BCUT2D eigenvalue weighted by Gasteiger charge is -2.38. The first-order valence-electron chi connectivity index (χ1n) is 8.49. The van der Waals surface area contributed by atoms with E-state index in [1.807, 2.05) is 24.0 Å². The van der Waals surface area contributed by atoms with E-state index in [-0.39, 0.29) is 18.0 Å². The van der Waals surface area contributed by atoms with Crippen LogP contribution < -0.4 is 5.32 Å². The molecule has 2 aliphatic heterocycles. The number of halogens is 1. The molecule has 4 rings (SSSR count). The molecule has 1 unspecified atom stereocenters. The summed E-state index contributed by atoms with van der Waals surface area (Å²) in [7, 11) is 0. The Kier molecular flexibility index (Phi) is 4.59. The normalized spacial score (nSPS) is 24.6. The van der Waals surface area contributed by atoms with Crippen molar-refractivity contribution in [1.29, 1.82) is 0 Å². The number of hydrogen-bond donors (Lipinski definition) is 1. The number of nitrogens with zero attached hydrogens (tertiary/aromatic N) is 2. The van der Waals surface area contributed by atoms with Gasteiger partial charge in [0.1, 0.15) is 0 Å². The molecular formula is C17H20BrN3O3S. The first-order chi connectivity index (χ1) is 12.1. The average Bonchev–Trinajstić information content (AvgIpc) is 3.34. The maximum atomic E-state index is 13.3. The Morgan fingerprint density at radius 1 is 1.32 bits per heavy atom. The van der Waals surface area contributed by atoms with Crippen LogP contribution in [0.3, 0.4) is 0 Å². The van der Waals surface area contributed by atoms with Crippen LogP contribution in [0.4, 0.5) is 4.79 Å². The number of carbonyl (C=O) groups is 2. The molecule has 3 heterocycles. The number of amides is 3. The molecule has 0 bridgehead atoms. The van der Waals surface area contributed by atoms with Gasteiger partial charge in [0.05, 0.1) is 28.6 Å². The highest BCUT2D eigenvalue weighted by Crippen LogP contribution is 2.40. The zero-order valence-corrected chi connectivity index (χ0v) is 16.4. The molecule has 6 nitrogen and oxygen atoms in total. The van der Waals surface area contributed by atoms with Crippen LogP contribution in [-0.2, 0) is 9.53 Å². The van der Waals surface area contributed by atoms with Gasteiger partial charge in [0.15, 0.2) is 0 Å². The van der Waals surface area contributed by atoms with Crippen LogP contribution in [0.5, 0.6) is 0 Å².